The summed E-state index contributed by atoms with van der Waals surface area (Å²) in [4.78, 5) is 24.5. The van der Waals surface area contributed by atoms with Crippen LogP contribution < -0.4 is 0 Å². The van der Waals surface area contributed by atoms with Crippen LogP contribution in [0.4, 0.5) is 17.6 Å². The van der Waals surface area contributed by atoms with E-state index in [0.29, 0.717) is 19.1 Å². The summed E-state index contributed by atoms with van der Waals surface area (Å²) in [6.07, 6.45) is -1.51. The fraction of sp³-hybridized carbons (Fsp3) is 0.619. The van der Waals surface area contributed by atoms with Crippen LogP contribution in [0.5, 0.6) is 0 Å². The third-order valence-electron chi connectivity index (χ3n) is 5.82. The Labute approximate surface area is 178 Å². The van der Waals surface area contributed by atoms with Gasteiger partial charge in [0, 0.05) is 44.7 Å². The van der Waals surface area contributed by atoms with Gasteiger partial charge in [-0.15, -0.1) is 0 Å². The molecule has 1 aromatic rings. The first-order valence-corrected chi connectivity index (χ1v) is 9.98. The van der Waals surface area contributed by atoms with E-state index < -0.39 is 12.1 Å². The van der Waals surface area contributed by atoms with E-state index in [0.717, 1.165) is 25.1 Å². The second kappa shape index (κ2) is 10.4. The number of halogens is 4. The number of benzene rings is 1. The third-order valence-corrected chi connectivity index (χ3v) is 5.82. The van der Waals surface area contributed by atoms with Gasteiger partial charge in [-0.1, -0.05) is 24.6 Å². The van der Waals surface area contributed by atoms with E-state index in [2.05, 4.69) is 4.90 Å². The number of ether oxygens (including phenoxy) is 1. The quantitative estimate of drug-likeness (QED) is 0.677. The molecule has 1 saturated carbocycles. The molecule has 174 valence electrons. The van der Waals surface area contributed by atoms with Crippen molar-refractivity contribution in [3.8, 4) is 0 Å². The van der Waals surface area contributed by atoms with E-state index >= 15 is 0 Å². The van der Waals surface area contributed by atoms with Crippen LogP contribution in [0, 0.1) is 17.2 Å². The molecule has 10 heteroatoms. The Kier molecular flexibility index (Phi) is 8.41. The molecule has 1 aliphatic heterocycles. The van der Waals surface area contributed by atoms with Gasteiger partial charge in [-0.2, -0.15) is 13.2 Å². The number of carbonyl (C=O) groups is 2. The lowest BCUT2D eigenvalue weighted by molar-refractivity contribution is -0.192. The molecule has 3 rings (SSSR count). The van der Waals surface area contributed by atoms with E-state index in [4.69, 9.17) is 14.6 Å². The summed E-state index contributed by atoms with van der Waals surface area (Å²) in [6.45, 7) is 3.36. The molecule has 0 radical (unpaired) electrons. The van der Waals surface area contributed by atoms with E-state index in [-0.39, 0.29) is 23.7 Å². The van der Waals surface area contributed by atoms with Crippen LogP contribution in [0.2, 0.25) is 0 Å². The van der Waals surface area contributed by atoms with Crippen molar-refractivity contribution < 1.29 is 37.0 Å². The fourth-order valence-electron chi connectivity index (χ4n) is 4.22. The molecule has 1 aliphatic carbocycles. The van der Waals surface area contributed by atoms with Gasteiger partial charge in [0.15, 0.2) is 0 Å². The second-order valence-corrected chi connectivity index (χ2v) is 8.30. The molecule has 31 heavy (non-hydrogen) atoms. The van der Waals surface area contributed by atoms with Gasteiger partial charge >= 0.3 is 12.1 Å². The smallest absolute Gasteiger partial charge is 0.475 e. The fourth-order valence-corrected chi connectivity index (χ4v) is 4.22. The van der Waals surface area contributed by atoms with Crippen molar-refractivity contribution in [1.29, 1.82) is 0 Å². The Hall–Kier alpha value is -2.20. The highest BCUT2D eigenvalue weighted by molar-refractivity contribution is 5.76. The third kappa shape index (κ3) is 6.90. The van der Waals surface area contributed by atoms with Crippen molar-refractivity contribution in [2.75, 3.05) is 40.4 Å². The van der Waals surface area contributed by atoms with Gasteiger partial charge in [-0.3, -0.25) is 9.69 Å². The van der Waals surface area contributed by atoms with Crippen LogP contribution in [0.15, 0.2) is 24.3 Å². The number of fused-ring (bicyclic) bond motifs is 1. The van der Waals surface area contributed by atoms with Crippen LogP contribution in [-0.4, -0.2) is 73.4 Å². The number of nitrogens with zero attached hydrogens (tertiary/aromatic N) is 2. The number of hydrogen-bond donors (Lipinski definition) is 1. The Morgan fingerprint density at radius 3 is 2.52 bits per heavy atom. The zero-order valence-electron chi connectivity index (χ0n) is 17.6. The van der Waals surface area contributed by atoms with Crippen LogP contribution >= 0.6 is 0 Å². The SMILES string of the molecule is CN(C)C(=O)COC[C@@]12CCC[C@@H]1CN(Cc1ccccc1F)C2.O=C(O)C(F)(F)F. The van der Waals surface area contributed by atoms with Crippen LogP contribution in [0.25, 0.3) is 0 Å². The van der Waals surface area contributed by atoms with Crippen molar-refractivity contribution in [2.45, 2.75) is 32.0 Å². The molecule has 1 N–H and O–H groups in total. The van der Waals surface area contributed by atoms with Crippen LogP contribution in [0.3, 0.4) is 0 Å². The normalized spacial score (nSPS) is 23.1. The Morgan fingerprint density at radius 2 is 1.94 bits per heavy atom. The topological polar surface area (TPSA) is 70.1 Å². The van der Waals surface area contributed by atoms with Gasteiger partial charge in [0.2, 0.25) is 5.91 Å². The minimum atomic E-state index is -5.08. The average molecular weight is 448 g/mol. The molecule has 1 heterocycles. The van der Waals surface area contributed by atoms with Crippen molar-refractivity contribution in [3.05, 3.63) is 35.6 Å². The van der Waals surface area contributed by atoms with E-state index in [1.54, 1.807) is 25.1 Å². The lowest BCUT2D eigenvalue weighted by Gasteiger charge is -2.29. The number of carbonyl (C=O) groups excluding carboxylic acids is 1. The molecule has 0 bridgehead atoms. The molecule has 0 aromatic heterocycles. The summed E-state index contributed by atoms with van der Waals surface area (Å²) in [5, 5.41) is 7.12. The van der Waals surface area contributed by atoms with Gasteiger partial charge in [-0.25, -0.2) is 9.18 Å². The predicted molar refractivity (Wildman–Crippen MR) is 105 cm³/mol. The number of carboxylic acids is 1. The largest absolute Gasteiger partial charge is 0.490 e. The van der Waals surface area contributed by atoms with Gasteiger partial charge in [0.25, 0.3) is 0 Å². The van der Waals surface area contributed by atoms with Crippen molar-refractivity contribution in [2.24, 2.45) is 11.3 Å². The van der Waals surface area contributed by atoms with Crippen molar-refractivity contribution >= 4 is 11.9 Å². The first-order chi connectivity index (χ1) is 14.4. The van der Waals surface area contributed by atoms with Crippen molar-refractivity contribution in [3.63, 3.8) is 0 Å². The maximum Gasteiger partial charge on any atom is 0.490 e. The highest BCUT2D eigenvalue weighted by atomic mass is 19.4. The van der Waals surface area contributed by atoms with Gasteiger partial charge in [0.05, 0.1) is 6.61 Å². The standard InChI is InChI=1S/C19H27FN2O2.C2HF3O2/c1-21(2)18(23)12-24-14-19-9-5-7-16(19)11-22(13-19)10-15-6-3-4-8-17(15)20;3-2(4,5)1(6)7/h3-4,6,8,16H,5,7,9-14H2,1-2H3;(H,6,7)/t16-,19+;/m1./s1. The molecule has 0 unspecified atom stereocenters. The number of carboxylic acid groups (broad SMARTS) is 1. The Morgan fingerprint density at radius 1 is 1.29 bits per heavy atom. The molecule has 1 amide bonds. The number of aliphatic carboxylic acids is 1. The van der Waals surface area contributed by atoms with E-state index in [1.165, 1.54) is 18.9 Å². The number of hydrogen-bond acceptors (Lipinski definition) is 4. The van der Waals surface area contributed by atoms with Gasteiger partial charge in [-0.05, 0) is 24.8 Å². The minimum absolute atomic E-state index is 0.00200. The Balaban J connectivity index is 0.000000423. The molecule has 1 saturated heterocycles. The van der Waals surface area contributed by atoms with Crippen LogP contribution in [-0.2, 0) is 20.9 Å². The van der Waals surface area contributed by atoms with Gasteiger partial charge in [0.1, 0.15) is 12.4 Å². The van der Waals surface area contributed by atoms with E-state index in [9.17, 15) is 22.4 Å². The first kappa shape index (κ1) is 25.1. The molecular formula is C21H28F4N2O4. The lowest BCUT2D eigenvalue weighted by Crippen LogP contribution is -2.34. The number of likely N-dealkylation sites (N-methyl/N-ethyl adjacent to an activating group) is 1. The zero-order valence-corrected chi connectivity index (χ0v) is 17.6. The molecular weight excluding hydrogens is 420 g/mol. The van der Waals surface area contributed by atoms with Crippen molar-refractivity contribution in [1.82, 2.24) is 9.80 Å². The summed E-state index contributed by atoms with van der Waals surface area (Å²) in [5.41, 5.74) is 0.897. The maximum atomic E-state index is 13.9. The van der Waals surface area contributed by atoms with Crippen LogP contribution in [0.1, 0.15) is 24.8 Å². The molecule has 2 atom stereocenters. The zero-order chi connectivity index (χ0) is 23.2. The summed E-state index contributed by atoms with van der Waals surface area (Å²) < 4.78 is 51.4. The number of amides is 1. The summed E-state index contributed by atoms with van der Waals surface area (Å²) in [6, 6.07) is 7.01. The number of rotatable bonds is 6. The highest BCUT2D eigenvalue weighted by Crippen LogP contribution is 2.49. The highest BCUT2D eigenvalue weighted by Gasteiger charge is 2.49. The molecule has 0 spiro atoms. The lowest BCUT2D eigenvalue weighted by atomic mass is 9.81. The first-order valence-electron chi connectivity index (χ1n) is 9.98. The minimum Gasteiger partial charge on any atom is -0.475 e. The summed E-state index contributed by atoms with van der Waals surface area (Å²) in [7, 11) is 3.49. The molecule has 1 aromatic carbocycles. The summed E-state index contributed by atoms with van der Waals surface area (Å²) in [5.74, 6) is -2.29. The average Bonchev–Trinajstić information content (AvgIpc) is 3.19. The Bertz CT molecular complexity index is 772. The molecule has 2 aliphatic rings. The van der Waals surface area contributed by atoms with Gasteiger partial charge < -0.3 is 14.7 Å². The molecule has 2 fully saturated rings. The predicted octanol–water partition coefficient (Wildman–Crippen LogP) is 3.17. The number of alkyl halides is 3. The monoisotopic (exact) mass is 448 g/mol. The molecule has 6 nitrogen and oxygen atoms in total. The summed E-state index contributed by atoms with van der Waals surface area (Å²) >= 11 is 0. The number of likely N-dealkylation sites (tertiary alicyclic amines) is 1. The maximum absolute atomic E-state index is 13.9. The second-order valence-electron chi connectivity index (χ2n) is 8.30. The van der Waals surface area contributed by atoms with E-state index in [1.807, 2.05) is 12.1 Å².